The number of nitrogens with zero attached hydrogens (tertiary/aromatic N) is 6. The third-order valence-electron chi connectivity index (χ3n) is 4.34. The van der Waals surface area contributed by atoms with E-state index in [0.717, 1.165) is 11.4 Å². The van der Waals surface area contributed by atoms with Crippen LogP contribution in [0, 0.1) is 11.3 Å². The minimum atomic E-state index is -0.152. The van der Waals surface area contributed by atoms with Crippen molar-refractivity contribution < 1.29 is 4.79 Å². The van der Waals surface area contributed by atoms with Crippen molar-refractivity contribution in [2.45, 2.75) is 19.8 Å². The van der Waals surface area contributed by atoms with Gasteiger partial charge < -0.3 is 9.80 Å². The Morgan fingerprint density at radius 3 is 2.46 bits per heavy atom. The lowest BCUT2D eigenvalue weighted by molar-refractivity contribution is 0.208. The highest BCUT2D eigenvalue weighted by molar-refractivity contribution is 5.88. The average Bonchev–Trinajstić information content (AvgIpc) is 2.68. The molecule has 2 aromatic rings. The first-order valence-corrected chi connectivity index (χ1v) is 8.57. The molecule has 1 fully saturated rings. The monoisotopic (exact) mass is 351 g/mol. The Hall–Kier alpha value is -3.21. The minimum Gasteiger partial charge on any atom is -0.352 e. The first-order chi connectivity index (χ1) is 12.6. The molecule has 3 heterocycles. The van der Waals surface area contributed by atoms with E-state index in [-0.39, 0.29) is 6.03 Å². The van der Waals surface area contributed by atoms with Crippen LogP contribution in [0.25, 0.3) is 0 Å². The van der Waals surface area contributed by atoms with Crippen molar-refractivity contribution >= 4 is 17.7 Å². The van der Waals surface area contributed by atoms with Crippen LogP contribution in [0.1, 0.15) is 31.0 Å². The molecule has 0 saturated carbocycles. The van der Waals surface area contributed by atoms with E-state index < -0.39 is 0 Å². The fourth-order valence-corrected chi connectivity index (χ4v) is 2.70. The van der Waals surface area contributed by atoms with Gasteiger partial charge in [-0.1, -0.05) is 19.9 Å². The number of hydrogen-bond acceptors (Lipinski definition) is 6. The second-order valence-electron chi connectivity index (χ2n) is 6.42. The summed E-state index contributed by atoms with van der Waals surface area (Å²) in [6.07, 6.45) is 1.79. The number of carbonyl (C=O) groups is 1. The van der Waals surface area contributed by atoms with Gasteiger partial charge in [-0.05, 0) is 29.7 Å². The normalized spacial score (nSPS) is 14.2. The summed E-state index contributed by atoms with van der Waals surface area (Å²) in [6.45, 7) is 6.69. The zero-order valence-electron chi connectivity index (χ0n) is 14.9. The van der Waals surface area contributed by atoms with E-state index >= 15 is 0 Å². The lowest BCUT2D eigenvalue weighted by Gasteiger charge is -2.35. The number of nitrogens with one attached hydrogen (secondary N) is 1. The van der Waals surface area contributed by atoms with Crippen LogP contribution < -0.4 is 10.2 Å². The van der Waals surface area contributed by atoms with Gasteiger partial charge in [-0.3, -0.25) is 5.32 Å². The Kier molecular flexibility index (Phi) is 5.27. The maximum absolute atomic E-state index is 12.4. The van der Waals surface area contributed by atoms with Gasteiger partial charge in [0.05, 0.1) is 0 Å². The minimum absolute atomic E-state index is 0.152. The first-order valence-electron chi connectivity index (χ1n) is 8.57. The molecule has 0 bridgehead atoms. The fourth-order valence-electron chi connectivity index (χ4n) is 2.70. The van der Waals surface area contributed by atoms with E-state index in [1.165, 1.54) is 0 Å². The Balaban J connectivity index is 1.53. The van der Waals surface area contributed by atoms with E-state index in [4.69, 9.17) is 5.26 Å². The average molecular weight is 351 g/mol. The van der Waals surface area contributed by atoms with Crippen LogP contribution in [-0.4, -0.2) is 52.3 Å². The summed E-state index contributed by atoms with van der Waals surface area (Å²) < 4.78 is 0. The van der Waals surface area contributed by atoms with Crippen LogP contribution in [0.4, 0.5) is 16.4 Å². The standard InChI is InChI=1S/C18H21N7O/c1-13(2)14-3-5-16(20-12-14)21-18(26)25-9-7-24(8-10-25)17-6-4-15(11-19)22-23-17/h3-6,12-13H,7-10H2,1-2H3,(H,20,21,26). The third kappa shape index (κ3) is 4.06. The van der Waals surface area contributed by atoms with Gasteiger partial charge in [0.1, 0.15) is 11.9 Å². The van der Waals surface area contributed by atoms with Crippen molar-refractivity contribution in [3.63, 3.8) is 0 Å². The predicted molar refractivity (Wildman–Crippen MR) is 97.9 cm³/mol. The zero-order valence-corrected chi connectivity index (χ0v) is 14.9. The van der Waals surface area contributed by atoms with E-state index in [9.17, 15) is 4.79 Å². The fraction of sp³-hybridized carbons (Fsp3) is 0.389. The lowest BCUT2D eigenvalue weighted by atomic mass is 10.1. The Bertz CT molecular complexity index is 788. The van der Waals surface area contributed by atoms with Gasteiger partial charge in [0.2, 0.25) is 0 Å². The Morgan fingerprint density at radius 1 is 1.15 bits per heavy atom. The van der Waals surface area contributed by atoms with Crippen LogP contribution in [0.15, 0.2) is 30.5 Å². The van der Waals surface area contributed by atoms with E-state index in [0.29, 0.717) is 43.6 Å². The molecule has 26 heavy (non-hydrogen) atoms. The summed E-state index contributed by atoms with van der Waals surface area (Å²) in [5, 5.41) is 19.5. The molecule has 2 amide bonds. The number of anilines is 2. The molecule has 3 rings (SSSR count). The summed E-state index contributed by atoms with van der Waals surface area (Å²) in [5.74, 6) is 1.68. The number of pyridine rings is 1. The number of rotatable bonds is 3. The molecule has 0 spiro atoms. The van der Waals surface area contributed by atoms with Crippen molar-refractivity contribution in [3.8, 4) is 6.07 Å². The van der Waals surface area contributed by atoms with Crippen molar-refractivity contribution in [1.29, 1.82) is 5.26 Å². The molecule has 0 aromatic carbocycles. The molecule has 0 unspecified atom stereocenters. The number of urea groups is 1. The van der Waals surface area contributed by atoms with Crippen molar-refractivity contribution in [2.75, 3.05) is 36.4 Å². The van der Waals surface area contributed by atoms with E-state index in [1.54, 1.807) is 23.2 Å². The number of piperazine rings is 1. The smallest absolute Gasteiger partial charge is 0.323 e. The van der Waals surface area contributed by atoms with Gasteiger partial charge in [-0.2, -0.15) is 5.26 Å². The summed E-state index contributed by atoms with van der Waals surface area (Å²) >= 11 is 0. The largest absolute Gasteiger partial charge is 0.352 e. The molecule has 2 aromatic heterocycles. The number of aromatic nitrogens is 3. The molecule has 0 radical (unpaired) electrons. The maximum Gasteiger partial charge on any atom is 0.323 e. The molecule has 1 N–H and O–H groups in total. The maximum atomic E-state index is 12.4. The SMILES string of the molecule is CC(C)c1ccc(NC(=O)N2CCN(c3ccc(C#N)nn3)CC2)nc1. The van der Waals surface area contributed by atoms with Crippen molar-refractivity contribution in [3.05, 3.63) is 41.7 Å². The van der Waals surface area contributed by atoms with Gasteiger partial charge in [0.25, 0.3) is 0 Å². The number of carbonyl (C=O) groups excluding carboxylic acids is 1. The van der Waals surface area contributed by atoms with Gasteiger partial charge in [-0.15, -0.1) is 10.2 Å². The zero-order chi connectivity index (χ0) is 18.5. The van der Waals surface area contributed by atoms with Crippen molar-refractivity contribution in [2.24, 2.45) is 0 Å². The lowest BCUT2D eigenvalue weighted by Crippen LogP contribution is -2.50. The number of amides is 2. The first kappa shape index (κ1) is 17.6. The van der Waals surface area contributed by atoms with Crippen LogP contribution in [0.2, 0.25) is 0 Å². The molecular formula is C18H21N7O. The molecule has 134 valence electrons. The highest BCUT2D eigenvalue weighted by Crippen LogP contribution is 2.16. The summed E-state index contributed by atoms with van der Waals surface area (Å²) in [4.78, 5) is 20.5. The number of nitriles is 1. The van der Waals surface area contributed by atoms with E-state index in [1.807, 2.05) is 23.1 Å². The Morgan fingerprint density at radius 2 is 1.92 bits per heavy atom. The highest BCUT2D eigenvalue weighted by Gasteiger charge is 2.22. The molecule has 1 aliphatic heterocycles. The van der Waals surface area contributed by atoms with Gasteiger partial charge in [-0.25, -0.2) is 9.78 Å². The van der Waals surface area contributed by atoms with Gasteiger partial charge >= 0.3 is 6.03 Å². The Labute approximate surface area is 152 Å². The van der Waals surface area contributed by atoms with Crippen LogP contribution in [0.3, 0.4) is 0 Å². The highest BCUT2D eigenvalue weighted by atomic mass is 16.2. The second-order valence-corrected chi connectivity index (χ2v) is 6.42. The van der Waals surface area contributed by atoms with E-state index in [2.05, 4.69) is 34.3 Å². The molecule has 8 nitrogen and oxygen atoms in total. The topological polar surface area (TPSA) is 98.0 Å². The summed E-state index contributed by atoms with van der Waals surface area (Å²) in [6, 6.07) is 9.04. The quantitative estimate of drug-likeness (QED) is 0.910. The molecule has 0 aliphatic carbocycles. The molecule has 8 heteroatoms. The summed E-state index contributed by atoms with van der Waals surface area (Å²) in [7, 11) is 0. The van der Waals surface area contributed by atoms with Crippen LogP contribution in [-0.2, 0) is 0 Å². The molecule has 1 aliphatic rings. The van der Waals surface area contributed by atoms with Gasteiger partial charge in [0, 0.05) is 32.4 Å². The predicted octanol–water partition coefficient (Wildman–Crippen LogP) is 2.22. The van der Waals surface area contributed by atoms with Crippen LogP contribution in [0.5, 0.6) is 0 Å². The second kappa shape index (κ2) is 7.78. The van der Waals surface area contributed by atoms with Crippen LogP contribution >= 0.6 is 0 Å². The summed E-state index contributed by atoms with van der Waals surface area (Å²) in [5.41, 5.74) is 1.43. The van der Waals surface area contributed by atoms with Gasteiger partial charge in [0.15, 0.2) is 11.5 Å². The third-order valence-corrected chi connectivity index (χ3v) is 4.34. The molecule has 0 atom stereocenters. The molecular weight excluding hydrogens is 330 g/mol. The van der Waals surface area contributed by atoms with Crippen molar-refractivity contribution in [1.82, 2.24) is 20.1 Å². The number of hydrogen-bond donors (Lipinski definition) is 1. The molecule has 1 saturated heterocycles.